The summed E-state index contributed by atoms with van der Waals surface area (Å²) in [6, 6.07) is 9.03. The first kappa shape index (κ1) is 11.1. The van der Waals surface area contributed by atoms with Crippen molar-refractivity contribution >= 4 is 15.9 Å². The third-order valence-corrected chi connectivity index (χ3v) is 3.17. The van der Waals surface area contributed by atoms with Crippen molar-refractivity contribution in [2.45, 2.75) is 25.0 Å². The van der Waals surface area contributed by atoms with Gasteiger partial charge in [0.05, 0.1) is 6.10 Å². The molecule has 1 N–H and O–H groups in total. The number of methoxy groups -OCH3 is 1. The van der Waals surface area contributed by atoms with Gasteiger partial charge in [0.2, 0.25) is 0 Å². The summed E-state index contributed by atoms with van der Waals surface area (Å²) in [4.78, 5) is 0. The maximum Gasteiger partial charge on any atom is 0.0945 e. The molecule has 1 aromatic carbocycles. The van der Waals surface area contributed by atoms with Crippen molar-refractivity contribution in [3.8, 4) is 0 Å². The van der Waals surface area contributed by atoms with Gasteiger partial charge in [-0.25, -0.2) is 0 Å². The number of benzene rings is 1. The fourth-order valence-corrected chi connectivity index (χ4v) is 2.02. The molecule has 15 heavy (non-hydrogen) atoms. The average molecular weight is 270 g/mol. The summed E-state index contributed by atoms with van der Waals surface area (Å²) in [5, 5.41) is 3.49. The van der Waals surface area contributed by atoms with Crippen molar-refractivity contribution in [3.63, 3.8) is 0 Å². The Labute approximate surface area is 99.1 Å². The highest BCUT2D eigenvalue weighted by Crippen LogP contribution is 2.23. The molecule has 1 aliphatic carbocycles. The number of rotatable bonds is 5. The van der Waals surface area contributed by atoms with Gasteiger partial charge in [0.15, 0.2) is 0 Å². The van der Waals surface area contributed by atoms with E-state index in [2.05, 4.69) is 33.4 Å². The highest BCUT2D eigenvalue weighted by atomic mass is 79.9. The SMILES string of the molecule is COC(CNC1CC1)c1cccc(Br)c1. The molecule has 3 heteroatoms. The Kier molecular flexibility index (Phi) is 3.78. The fourth-order valence-electron chi connectivity index (χ4n) is 1.61. The van der Waals surface area contributed by atoms with Crippen LogP contribution >= 0.6 is 15.9 Å². The molecule has 0 heterocycles. The maximum atomic E-state index is 5.49. The first-order valence-corrected chi connectivity index (χ1v) is 6.10. The largest absolute Gasteiger partial charge is 0.375 e. The Balaban J connectivity index is 1.97. The molecular weight excluding hydrogens is 254 g/mol. The van der Waals surface area contributed by atoms with Crippen LogP contribution in [0, 0.1) is 0 Å². The molecule has 1 aromatic rings. The van der Waals surface area contributed by atoms with Gasteiger partial charge in [-0.05, 0) is 30.5 Å². The van der Waals surface area contributed by atoms with E-state index in [0.717, 1.165) is 17.1 Å². The minimum Gasteiger partial charge on any atom is -0.375 e. The molecular formula is C12H16BrNO. The van der Waals surface area contributed by atoms with E-state index in [9.17, 15) is 0 Å². The smallest absolute Gasteiger partial charge is 0.0945 e. The standard InChI is InChI=1S/C12H16BrNO/c1-15-12(8-14-11-5-6-11)9-3-2-4-10(13)7-9/h2-4,7,11-12,14H,5-6,8H2,1H3. The van der Waals surface area contributed by atoms with Crippen molar-refractivity contribution in [2.24, 2.45) is 0 Å². The highest BCUT2D eigenvalue weighted by Gasteiger charge is 2.22. The van der Waals surface area contributed by atoms with Crippen molar-refractivity contribution < 1.29 is 4.74 Å². The van der Waals surface area contributed by atoms with Crippen LogP contribution in [0.5, 0.6) is 0 Å². The van der Waals surface area contributed by atoms with Gasteiger partial charge in [0.25, 0.3) is 0 Å². The van der Waals surface area contributed by atoms with Crippen LogP contribution in [0.15, 0.2) is 28.7 Å². The topological polar surface area (TPSA) is 21.3 Å². The van der Waals surface area contributed by atoms with Crippen LogP contribution in [0.25, 0.3) is 0 Å². The Hall–Kier alpha value is -0.380. The molecule has 0 amide bonds. The van der Waals surface area contributed by atoms with Crippen LogP contribution in [0.4, 0.5) is 0 Å². The summed E-state index contributed by atoms with van der Waals surface area (Å²) >= 11 is 3.48. The third-order valence-electron chi connectivity index (χ3n) is 2.67. The van der Waals surface area contributed by atoms with E-state index in [4.69, 9.17) is 4.74 Å². The van der Waals surface area contributed by atoms with E-state index in [-0.39, 0.29) is 6.10 Å². The maximum absolute atomic E-state index is 5.49. The molecule has 0 bridgehead atoms. The van der Waals surface area contributed by atoms with Crippen molar-refractivity contribution in [1.29, 1.82) is 0 Å². The normalized spacial score (nSPS) is 17.7. The second kappa shape index (κ2) is 5.10. The fraction of sp³-hybridized carbons (Fsp3) is 0.500. The van der Waals surface area contributed by atoms with Crippen molar-refractivity contribution in [2.75, 3.05) is 13.7 Å². The molecule has 1 aliphatic rings. The van der Waals surface area contributed by atoms with Crippen LogP contribution in [-0.4, -0.2) is 19.7 Å². The molecule has 2 rings (SSSR count). The molecule has 1 saturated carbocycles. The molecule has 0 saturated heterocycles. The van der Waals surface area contributed by atoms with E-state index >= 15 is 0 Å². The van der Waals surface area contributed by atoms with Gasteiger partial charge in [-0.1, -0.05) is 28.1 Å². The monoisotopic (exact) mass is 269 g/mol. The average Bonchev–Trinajstić information content (AvgIpc) is 3.03. The van der Waals surface area contributed by atoms with Gasteiger partial charge < -0.3 is 10.1 Å². The van der Waals surface area contributed by atoms with Crippen LogP contribution in [-0.2, 0) is 4.74 Å². The number of hydrogen-bond donors (Lipinski definition) is 1. The van der Waals surface area contributed by atoms with Crippen LogP contribution < -0.4 is 5.32 Å². The number of ether oxygens (including phenoxy) is 1. The van der Waals surface area contributed by atoms with Gasteiger partial charge in [-0.15, -0.1) is 0 Å². The number of nitrogens with one attached hydrogen (secondary N) is 1. The van der Waals surface area contributed by atoms with Crippen LogP contribution in [0.3, 0.4) is 0 Å². The van der Waals surface area contributed by atoms with Gasteiger partial charge in [-0.2, -0.15) is 0 Å². The number of hydrogen-bond acceptors (Lipinski definition) is 2. The molecule has 1 fully saturated rings. The van der Waals surface area contributed by atoms with E-state index in [0.29, 0.717) is 0 Å². The lowest BCUT2D eigenvalue weighted by atomic mass is 10.1. The van der Waals surface area contributed by atoms with Crippen molar-refractivity contribution in [1.82, 2.24) is 5.32 Å². The summed E-state index contributed by atoms with van der Waals surface area (Å²) in [6.07, 6.45) is 2.78. The Bertz CT molecular complexity index is 325. The second-order valence-electron chi connectivity index (χ2n) is 3.96. The predicted octanol–water partition coefficient (Wildman–Crippen LogP) is 2.89. The van der Waals surface area contributed by atoms with Crippen molar-refractivity contribution in [3.05, 3.63) is 34.3 Å². The quantitative estimate of drug-likeness (QED) is 0.888. The zero-order chi connectivity index (χ0) is 10.7. The number of halogens is 1. The zero-order valence-electron chi connectivity index (χ0n) is 8.87. The van der Waals surface area contributed by atoms with E-state index in [1.165, 1.54) is 18.4 Å². The van der Waals surface area contributed by atoms with Gasteiger partial charge in [0, 0.05) is 24.2 Å². The Morgan fingerprint density at radius 1 is 1.53 bits per heavy atom. The third kappa shape index (κ3) is 3.30. The molecule has 0 aromatic heterocycles. The lowest BCUT2D eigenvalue weighted by Gasteiger charge is -2.16. The highest BCUT2D eigenvalue weighted by molar-refractivity contribution is 9.10. The van der Waals surface area contributed by atoms with Gasteiger partial charge in [-0.3, -0.25) is 0 Å². The Morgan fingerprint density at radius 2 is 2.33 bits per heavy atom. The van der Waals surface area contributed by atoms with Crippen LogP contribution in [0.2, 0.25) is 0 Å². The van der Waals surface area contributed by atoms with E-state index < -0.39 is 0 Å². The summed E-state index contributed by atoms with van der Waals surface area (Å²) in [6.45, 7) is 0.900. The minimum absolute atomic E-state index is 0.156. The summed E-state index contributed by atoms with van der Waals surface area (Å²) in [5.41, 5.74) is 1.22. The summed E-state index contributed by atoms with van der Waals surface area (Å²) in [5.74, 6) is 0. The zero-order valence-corrected chi connectivity index (χ0v) is 10.5. The molecule has 0 radical (unpaired) electrons. The Morgan fingerprint density at radius 3 is 2.93 bits per heavy atom. The lowest BCUT2D eigenvalue weighted by molar-refractivity contribution is 0.102. The minimum atomic E-state index is 0.156. The van der Waals surface area contributed by atoms with E-state index in [1.54, 1.807) is 7.11 Å². The van der Waals surface area contributed by atoms with E-state index in [1.807, 2.05) is 12.1 Å². The second-order valence-corrected chi connectivity index (χ2v) is 4.88. The molecule has 82 valence electrons. The molecule has 2 nitrogen and oxygen atoms in total. The lowest BCUT2D eigenvalue weighted by Crippen LogP contribution is -2.24. The van der Waals surface area contributed by atoms with Gasteiger partial charge >= 0.3 is 0 Å². The van der Waals surface area contributed by atoms with Gasteiger partial charge in [0.1, 0.15) is 0 Å². The first-order chi connectivity index (χ1) is 7.29. The molecule has 1 unspecified atom stereocenters. The summed E-state index contributed by atoms with van der Waals surface area (Å²) < 4.78 is 6.59. The molecule has 0 spiro atoms. The molecule has 0 aliphatic heterocycles. The predicted molar refractivity (Wildman–Crippen MR) is 64.9 cm³/mol. The first-order valence-electron chi connectivity index (χ1n) is 5.31. The summed E-state index contributed by atoms with van der Waals surface area (Å²) in [7, 11) is 1.76. The molecule has 1 atom stereocenters. The van der Waals surface area contributed by atoms with Crippen LogP contribution in [0.1, 0.15) is 24.5 Å².